The molecule has 2 heterocycles. The van der Waals surface area contributed by atoms with Crippen molar-refractivity contribution < 1.29 is 29.1 Å². The van der Waals surface area contributed by atoms with Gasteiger partial charge in [-0.15, -0.1) is 0 Å². The number of carbonyl (C=O) groups excluding carboxylic acids is 3. The predicted octanol–water partition coefficient (Wildman–Crippen LogP) is -1.36. The third kappa shape index (κ3) is 2.88. The minimum Gasteiger partial charge on any atom is -0.465 e. The first kappa shape index (κ1) is 17.2. The molecule has 1 unspecified atom stereocenters. The van der Waals surface area contributed by atoms with Crippen LogP contribution >= 0.6 is 0 Å². The molecular weight excluding hydrogens is 314 g/mol. The summed E-state index contributed by atoms with van der Waals surface area (Å²) in [7, 11) is 1.30. The standard InChI is InChI=1S/C16H25N3O5/c1-10-3-5-16(6-4-10)14(22)19(15(23)17-16)9-18-8-11(20)7-12(18)13(21)24-2/h10-12,20H,3-9H2,1-2H3,(H,17,23)/p+1/t10?,11-,12-,16?/m0/s1. The second kappa shape index (κ2) is 6.33. The first-order chi connectivity index (χ1) is 11.4. The van der Waals surface area contributed by atoms with Gasteiger partial charge in [0.05, 0.1) is 7.11 Å². The molecule has 3 amide bonds. The van der Waals surface area contributed by atoms with Gasteiger partial charge in [-0.3, -0.25) is 4.79 Å². The second-order valence-corrected chi connectivity index (χ2v) is 7.41. The largest absolute Gasteiger partial charge is 0.465 e. The van der Waals surface area contributed by atoms with Crippen LogP contribution < -0.4 is 10.2 Å². The van der Waals surface area contributed by atoms with E-state index < -0.39 is 29.7 Å². The van der Waals surface area contributed by atoms with Crippen molar-refractivity contribution in [2.24, 2.45) is 5.92 Å². The molecule has 2 saturated heterocycles. The number of hydrogen-bond acceptors (Lipinski definition) is 5. The number of carbonyl (C=O) groups is 3. The van der Waals surface area contributed by atoms with Gasteiger partial charge in [-0.1, -0.05) is 6.92 Å². The van der Waals surface area contributed by atoms with E-state index in [2.05, 4.69) is 12.2 Å². The van der Waals surface area contributed by atoms with Gasteiger partial charge in [0, 0.05) is 6.42 Å². The normalized spacial score (nSPS) is 39.4. The molecular formula is C16H26N3O5+. The Labute approximate surface area is 141 Å². The van der Waals surface area contributed by atoms with Crippen LogP contribution in [0.4, 0.5) is 4.79 Å². The van der Waals surface area contributed by atoms with Crippen molar-refractivity contribution in [3.05, 3.63) is 0 Å². The predicted molar refractivity (Wildman–Crippen MR) is 82.9 cm³/mol. The Kier molecular flexibility index (Phi) is 4.52. The summed E-state index contributed by atoms with van der Waals surface area (Å²) < 4.78 is 4.78. The maximum Gasteiger partial charge on any atom is 0.364 e. The number of esters is 1. The molecule has 24 heavy (non-hydrogen) atoms. The number of nitrogens with zero attached hydrogens (tertiary/aromatic N) is 1. The van der Waals surface area contributed by atoms with Gasteiger partial charge in [-0.05, 0) is 31.6 Å². The van der Waals surface area contributed by atoms with E-state index in [-0.39, 0.29) is 19.0 Å². The number of amides is 3. The van der Waals surface area contributed by atoms with Crippen LogP contribution in [0, 0.1) is 5.92 Å². The van der Waals surface area contributed by atoms with E-state index in [0.29, 0.717) is 30.2 Å². The molecule has 134 valence electrons. The minimum atomic E-state index is -0.776. The summed E-state index contributed by atoms with van der Waals surface area (Å²) in [6.07, 6.45) is 2.81. The van der Waals surface area contributed by atoms with Gasteiger partial charge in [0.25, 0.3) is 5.91 Å². The van der Waals surface area contributed by atoms with Crippen LogP contribution in [0.5, 0.6) is 0 Å². The summed E-state index contributed by atoms with van der Waals surface area (Å²) in [5.41, 5.74) is -0.776. The Balaban J connectivity index is 1.72. The average Bonchev–Trinajstić information content (AvgIpc) is 3.03. The van der Waals surface area contributed by atoms with Gasteiger partial charge in [-0.25, -0.2) is 14.5 Å². The van der Waals surface area contributed by atoms with E-state index >= 15 is 0 Å². The van der Waals surface area contributed by atoms with Crippen LogP contribution in [0.1, 0.15) is 39.0 Å². The Morgan fingerprint density at radius 2 is 2.08 bits per heavy atom. The highest BCUT2D eigenvalue weighted by atomic mass is 16.5. The monoisotopic (exact) mass is 340 g/mol. The van der Waals surface area contributed by atoms with Crippen LogP contribution in [0.15, 0.2) is 0 Å². The molecule has 3 atom stereocenters. The number of hydrogen-bond donors (Lipinski definition) is 3. The molecule has 8 nitrogen and oxygen atoms in total. The molecule has 8 heteroatoms. The summed E-state index contributed by atoms with van der Waals surface area (Å²) in [5, 5.41) is 12.7. The molecule has 1 aliphatic carbocycles. The number of aliphatic hydroxyl groups is 1. The molecule has 1 spiro atoms. The van der Waals surface area contributed by atoms with E-state index in [1.807, 2.05) is 0 Å². The van der Waals surface area contributed by atoms with Crippen LogP contribution in [-0.4, -0.2) is 65.9 Å². The Morgan fingerprint density at radius 3 is 2.71 bits per heavy atom. The van der Waals surface area contributed by atoms with Crippen molar-refractivity contribution in [2.75, 3.05) is 20.3 Å². The first-order valence-corrected chi connectivity index (χ1v) is 8.61. The molecule has 1 saturated carbocycles. The highest BCUT2D eigenvalue weighted by Gasteiger charge is 2.54. The van der Waals surface area contributed by atoms with E-state index in [1.54, 1.807) is 0 Å². The lowest BCUT2D eigenvalue weighted by molar-refractivity contribution is -0.912. The molecule has 3 aliphatic rings. The number of quaternary nitrogens is 1. The summed E-state index contributed by atoms with van der Waals surface area (Å²) in [6.45, 7) is 2.56. The molecule has 3 N–H and O–H groups in total. The van der Waals surface area contributed by atoms with E-state index in [0.717, 1.165) is 12.8 Å². The van der Waals surface area contributed by atoms with Crippen LogP contribution in [0.3, 0.4) is 0 Å². The van der Waals surface area contributed by atoms with Crippen molar-refractivity contribution in [2.45, 2.75) is 56.7 Å². The summed E-state index contributed by atoms with van der Waals surface area (Å²) in [4.78, 5) is 39.0. The van der Waals surface area contributed by atoms with Gasteiger partial charge in [-0.2, -0.15) is 0 Å². The fourth-order valence-corrected chi connectivity index (χ4v) is 4.16. The van der Waals surface area contributed by atoms with Gasteiger partial charge in [0.1, 0.15) is 18.2 Å². The number of methoxy groups -OCH3 is 1. The number of rotatable bonds is 3. The van der Waals surface area contributed by atoms with E-state index in [1.165, 1.54) is 12.0 Å². The summed E-state index contributed by atoms with van der Waals surface area (Å²) in [5.74, 6) is -0.0517. The minimum absolute atomic E-state index is 0.0821. The number of aliphatic hydroxyl groups excluding tert-OH is 1. The van der Waals surface area contributed by atoms with Crippen molar-refractivity contribution >= 4 is 17.9 Å². The van der Waals surface area contributed by atoms with Gasteiger partial charge in [0.2, 0.25) is 0 Å². The van der Waals surface area contributed by atoms with Crippen LogP contribution in [-0.2, 0) is 14.3 Å². The zero-order valence-electron chi connectivity index (χ0n) is 14.2. The molecule has 3 fully saturated rings. The Hall–Kier alpha value is -1.67. The van der Waals surface area contributed by atoms with E-state index in [9.17, 15) is 19.5 Å². The first-order valence-electron chi connectivity index (χ1n) is 8.61. The SMILES string of the molecule is COC(=O)[C@@H]1C[C@H](O)C[NH+]1CN1C(=O)NC2(CCC(C)CC2)C1=O. The number of urea groups is 1. The molecule has 0 aromatic rings. The highest BCUT2D eigenvalue weighted by molar-refractivity contribution is 6.07. The van der Waals surface area contributed by atoms with Crippen molar-refractivity contribution in [3.63, 3.8) is 0 Å². The quantitative estimate of drug-likeness (QED) is 0.435. The van der Waals surface area contributed by atoms with Crippen molar-refractivity contribution in [3.8, 4) is 0 Å². The molecule has 0 aromatic carbocycles. The zero-order chi connectivity index (χ0) is 17.5. The number of nitrogens with one attached hydrogen (secondary N) is 2. The van der Waals surface area contributed by atoms with Crippen LogP contribution in [0.2, 0.25) is 0 Å². The van der Waals surface area contributed by atoms with Crippen LogP contribution in [0.25, 0.3) is 0 Å². The van der Waals surface area contributed by atoms with E-state index in [4.69, 9.17) is 4.74 Å². The van der Waals surface area contributed by atoms with Crippen molar-refractivity contribution in [1.82, 2.24) is 10.2 Å². The lowest BCUT2D eigenvalue weighted by Gasteiger charge is -2.33. The number of ether oxygens (including phenoxy) is 1. The topological polar surface area (TPSA) is 100 Å². The lowest BCUT2D eigenvalue weighted by Crippen LogP contribution is -3.16. The second-order valence-electron chi connectivity index (χ2n) is 7.41. The fraction of sp³-hybridized carbons (Fsp3) is 0.812. The summed E-state index contributed by atoms with van der Waals surface area (Å²) >= 11 is 0. The molecule has 0 radical (unpaired) electrons. The number of likely N-dealkylation sites (tertiary alicyclic amines) is 1. The van der Waals surface area contributed by atoms with Gasteiger partial charge >= 0.3 is 12.0 Å². The van der Waals surface area contributed by atoms with Gasteiger partial charge in [0.15, 0.2) is 12.7 Å². The smallest absolute Gasteiger partial charge is 0.364 e. The molecule has 0 aromatic heterocycles. The third-order valence-electron chi connectivity index (χ3n) is 5.72. The average molecular weight is 340 g/mol. The lowest BCUT2D eigenvalue weighted by atomic mass is 9.77. The molecule has 2 aliphatic heterocycles. The molecule has 3 rings (SSSR count). The Morgan fingerprint density at radius 1 is 1.42 bits per heavy atom. The summed E-state index contributed by atoms with van der Waals surface area (Å²) in [6, 6.07) is -0.944. The molecule has 0 bridgehead atoms. The third-order valence-corrected chi connectivity index (χ3v) is 5.72. The van der Waals surface area contributed by atoms with Gasteiger partial charge < -0.3 is 20.1 Å². The number of imide groups is 1. The maximum absolute atomic E-state index is 12.9. The maximum atomic E-state index is 12.9. The zero-order valence-corrected chi connectivity index (χ0v) is 14.2. The fourth-order valence-electron chi connectivity index (χ4n) is 4.16. The highest BCUT2D eigenvalue weighted by Crippen LogP contribution is 2.36. The Bertz CT molecular complexity index is 544. The van der Waals surface area contributed by atoms with Crippen molar-refractivity contribution in [1.29, 1.82) is 0 Å².